The number of nitriles is 1. The summed E-state index contributed by atoms with van der Waals surface area (Å²) in [6, 6.07) is 22.6. The molecule has 1 N–H and O–H groups in total. The highest BCUT2D eigenvalue weighted by molar-refractivity contribution is 6.33. The Labute approximate surface area is 241 Å². The molecule has 1 unspecified atom stereocenters. The van der Waals surface area contributed by atoms with Gasteiger partial charge in [0, 0.05) is 49.9 Å². The molecule has 8 heteroatoms. The lowest BCUT2D eigenvalue weighted by Crippen LogP contribution is -2.52. The number of amides is 1. The molecule has 0 aromatic heterocycles. The number of aliphatic hydroxyl groups is 1. The van der Waals surface area contributed by atoms with Crippen molar-refractivity contribution in [3.63, 3.8) is 0 Å². The van der Waals surface area contributed by atoms with Gasteiger partial charge in [-0.2, -0.15) is 5.26 Å². The average molecular weight is 566 g/mol. The number of nitrogens with zero attached hydrogens (tertiary/aromatic N) is 4. The number of hydrogen-bond donors (Lipinski definition) is 1. The molecule has 6 nitrogen and oxygen atoms in total. The van der Waals surface area contributed by atoms with Crippen LogP contribution in [0.3, 0.4) is 0 Å². The number of halogens is 2. The van der Waals surface area contributed by atoms with Crippen LogP contribution in [0.15, 0.2) is 66.7 Å². The molecule has 1 aliphatic rings. The normalized spacial score (nSPS) is 17.4. The number of anilines is 1. The van der Waals surface area contributed by atoms with Crippen LogP contribution < -0.4 is 4.90 Å². The molecule has 3 aromatic carbocycles. The third-order valence-corrected chi connectivity index (χ3v) is 8.00. The van der Waals surface area contributed by atoms with E-state index in [4.69, 9.17) is 23.2 Å². The molecule has 1 heterocycles. The van der Waals surface area contributed by atoms with Crippen LogP contribution in [0.25, 0.3) is 0 Å². The molecule has 0 radical (unpaired) electrons. The van der Waals surface area contributed by atoms with Gasteiger partial charge in [-0.15, -0.1) is 0 Å². The van der Waals surface area contributed by atoms with Gasteiger partial charge in [0.05, 0.1) is 34.0 Å². The van der Waals surface area contributed by atoms with Crippen molar-refractivity contribution >= 4 is 34.8 Å². The summed E-state index contributed by atoms with van der Waals surface area (Å²) in [6.07, 6.45) is 0. The van der Waals surface area contributed by atoms with E-state index in [2.05, 4.69) is 15.9 Å². The molecule has 1 saturated heterocycles. The van der Waals surface area contributed by atoms with Crippen LogP contribution >= 0.6 is 23.2 Å². The van der Waals surface area contributed by atoms with Gasteiger partial charge in [-0.25, -0.2) is 0 Å². The first kappa shape index (κ1) is 28.9. The van der Waals surface area contributed by atoms with Gasteiger partial charge in [-0.3, -0.25) is 9.69 Å². The maximum Gasteiger partial charge on any atom is 0.253 e. The Morgan fingerprint density at radius 1 is 1.05 bits per heavy atom. The molecule has 1 amide bonds. The van der Waals surface area contributed by atoms with Crippen LogP contribution in [0.1, 0.15) is 53.9 Å². The highest BCUT2D eigenvalue weighted by Crippen LogP contribution is 2.37. The summed E-state index contributed by atoms with van der Waals surface area (Å²) in [5.41, 5.74) is 2.74. The molecule has 204 valence electrons. The third-order valence-electron chi connectivity index (χ3n) is 7.44. The van der Waals surface area contributed by atoms with Gasteiger partial charge in [0.2, 0.25) is 0 Å². The van der Waals surface area contributed by atoms with E-state index in [0.717, 1.165) is 23.4 Å². The van der Waals surface area contributed by atoms with Gasteiger partial charge in [0.15, 0.2) is 0 Å². The van der Waals surface area contributed by atoms with Crippen molar-refractivity contribution in [3.8, 4) is 6.07 Å². The minimum Gasteiger partial charge on any atom is -0.384 e. The number of piperazine rings is 1. The van der Waals surface area contributed by atoms with Crippen molar-refractivity contribution in [2.24, 2.45) is 0 Å². The molecule has 2 atom stereocenters. The summed E-state index contributed by atoms with van der Waals surface area (Å²) in [7, 11) is 0. The van der Waals surface area contributed by atoms with Crippen LogP contribution in [-0.2, 0) is 5.60 Å². The second-order valence-electron chi connectivity index (χ2n) is 10.1. The second-order valence-corrected chi connectivity index (χ2v) is 10.9. The minimum absolute atomic E-state index is 0.00501. The van der Waals surface area contributed by atoms with Crippen molar-refractivity contribution in [3.05, 3.63) is 99.0 Å². The molecule has 1 aliphatic heterocycles. The number of benzene rings is 3. The Balaban J connectivity index is 1.55. The topological polar surface area (TPSA) is 70.8 Å². The third kappa shape index (κ3) is 6.57. The molecular weight excluding hydrogens is 531 g/mol. The highest BCUT2D eigenvalue weighted by Gasteiger charge is 2.34. The lowest BCUT2D eigenvalue weighted by Gasteiger charge is -2.45. The molecule has 4 rings (SSSR count). The Hall–Kier alpha value is -3.08. The molecule has 0 bridgehead atoms. The fourth-order valence-corrected chi connectivity index (χ4v) is 5.66. The van der Waals surface area contributed by atoms with Crippen LogP contribution in [-0.4, -0.2) is 60.1 Å². The minimum atomic E-state index is -1.12. The van der Waals surface area contributed by atoms with E-state index in [1.807, 2.05) is 63.2 Å². The van der Waals surface area contributed by atoms with Gasteiger partial charge in [-0.1, -0.05) is 47.5 Å². The monoisotopic (exact) mass is 564 g/mol. The van der Waals surface area contributed by atoms with E-state index in [1.165, 1.54) is 0 Å². The van der Waals surface area contributed by atoms with E-state index < -0.39 is 5.60 Å². The predicted molar refractivity (Wildman–Crippen MR) is 157 cm³/mol. The Morgan fingerprint density at radius 2 is 1.72 bits per heavy atom. The zero-order valence-electron chi connectivity index (χ0n) is 22.6. The molecule has 39 heavy (non-hydrogen) atoms. The van der Waals surface area contributed by atoms with E-state index in [9.17, 15) is 15.2 Å². The first-order valence-corrected chi connectivity index (χ1v) is 14.0. The fraction of sp³-hybridized carbons (Fsp3) is 0.355. The van der Waals surface area contributed by atoms with E-state index in [0.29, 0.717) is 53.9 Å². The van der Waals surface area contributed by atoms with Gasteiger partial charge >= 0.3 is 0 Å². The Morgan fingerprint density at radius 3 is 2.31 bits per heavy atom. The molecule has 3 aromatic rings. The van der Waals surface area contributed by atoms with E-state index in [-0.39, 0.29) is 11.9 Å². The van der Waals surface area contributed by atoms with E-state index >= 15 is 0 Å². The van der Waals surface area contributed by atoms with Crippen molar-refractivity contribution in [1.29, 1.82) is 5.26 Å². The van der Waals surface area contributed by atoms with Gasteiger partial charge in [0.25, 0.3) is 5.91 Å². The standard InChI is InChI=1S/C31H34Cl2N4O2/c1-4-36(5-2)30(38)24-7-11-25(12-8-24)31(3,39)21-35-16-17-37(28-15-6-22(19-34)18-27(28)33)29(20-35)23-9-13-26(32)14-10-23/h6-15,18,29,39H,4-5,16-17,20-21H2,1-3H3/t29?,31-/m1/s1. The first-order valence-electron chi connectivity index (χ1n) is 13.2. The van der Waals surface area contributed by atoms with Crippen LogP contribution in [0.4, 0.5) is 5.69 Å². The summed E-state index contributed by atoms with van der Waals surface area (Å²) in [6.45, 7) is 9.55. The number of rotatable bonds is 8. The lowest BCUT2D eigenvalue weighted by molar-refractivity contribution is 0.0102. The summed E-state index contributed by atoms with van der Waals surface area (Å²) in [5.74, 6) is -0.00501. The van der Waals surface area contributed by atoms with Gasteiger partial charge < -0.3 is 14.9 Å². The number of β-amino-alcohol motifs (C(OH)–C–C–N with tert-alkyl or cyclic N) is 1. The maximum atomic E-state index is 12.7. The van der Waals surface area contributed by atoms with Crippen LogP contribution in [0.5, 0.6) is 0 Å². The maximum absolute atomic E-state index is 12.7. The van der Waals surface area contributed by atoms with Crippen molar-refractivity contribution in [1.82, 2.24) is 9.80 Å². The largest absolute Gasteiger partial charge is 0.384 e. The summed E-state index contributed by atoms with van der Waals surface area (Å²) in [4.78, 5) is 19.0. The zero-order chi connectivity index (χ0) is 28.2. The molecule has 0 spiro atoms. The Kier molecular flexibility index (Phi) is 9.19. The zero-order valence-corrected chi connectivity index (χ0v) is 24.1. The first-order chi connectivity index (χ1) is 18.7. The number of carbonyl (C=O) groups is 1. The van der Waals surface area contributed by atoms with E-state index in [1.54, 1.807) is 29.2 Å². The van der Waals surface area contributed by atoms with Gasteiger partial charge in [0.1, 0.15) is 0 Å². The summed E-state index contributed by atoms with van der Waals surface area (Å²) >= 11 is 12.8. The molecule has 0 aliphatic carbocycles. The Bertz CT molecular complexity index is 1330. The molecule has 0 saturated carbocycles. The van der Waals surface area contributed by atoms with Crippen LogP contribution in [0.2, 0.25) is 10.0 Å². The van der Waals surface area contributed by atoms with Crippen LogP contribution in [0, 0.1) is 11.3 Å². The smallest absolute Gasteiger partial charge is 0.253 e. The molecular formula is C31H34Cl2N4O2. The fourth-order valence-electron chi connectivity index (χ4n) is 5.24. The van der Waals surface area contributed by atoms with Gasteiger partial charge in [-0.05, 0) is 74.4 Å². The number of carbonyl (C=O) groups excluding carboxylic acids is 1. The predicted octanol–water partition coefficient (Wildman–Crippen LogP) is 6.12. The van der Waals surface area contributed by atoms with Crippen molar-refractivity contribution in [2.75, 3.05) is 44.2 Å². The quantitative estimate of drug-likeness (QED) is 0.357. The summed E-state index contributed by atoms with van der Waals surface area (Å²) < 4.78 is 0. The SMILES string of the molecule is CCN(CC)C(=O)c1ccc([C@](C)(O)CN2CCN(c3ccc(C#N)cc3Cl)C(c3ccc(Cl)cc3)C2)cc1. The average Bonchev–Trinajstić information content (AvgIpc) is 2.94. The number of hydrogen-bond acceptors (Lipinski definition) is 5. The lowest BCUT2D eigenvalue weighted by atomic mass is 9.93. The van der Waals surface area contributed by atoms with Crippen molar-refractivity contribution in [2.45, 2.75) is 32.4 Å². The molecule has 1 fully saturated rings. The second kappa shape index (κ2) is 12.4. The highest BCUT2D eigenvalue weighted by atomic mass is 35.5. The van der Waals surface area contributed by atoms with Crippen molar-refractivity contribution < 1.29 is 9.90 Å². The summed E-state index contributed by atoms with van der Waals surface area (Å²) in [5, 5.41) is 22.0.